The van der Waals surface area contributed by atoms with Gasteiger partial charge in [0.2, 0.25) is 12.0 Å². The third kappa shape index (κ3) is 4.72. The molecule has 3 aromatic rings. The minimum absolute atomic E-state index is 0.0551. The van der Waals surface area contributed by atoms with E-state index in [1.54, 1.807) is 67.6 Å². The monoisotopic (exact) mass is 432 g/mol. The highest BCUT2D eigenvalue weighted by Crippen LogP contribution is 2.23. The molecular weight excluding hydrogens is 412 g/mol. The average molecular weight is 432 g/mol. The lowest BCUT2D eigenvalue weighted by atomic mass is 10.1. The number of esters is 1. The molecule has 162 valence electrons. The molecule has 1 aromatic heterocycles. The highest BCUT2D eigenvalue weighted by atomic mass is 16.5. The molecule has 1 N–H and O–H groups in total. The van der Waals surface area contributed by atoms with E-state index in [0.29, 0.717) is 17.0 Å². The first-order valence-corrected chi connectivity index (χ1v) is 9.97. The van der Waals surface area contributed by atoms with Gasteiger partial charge in [-0.05, 0) is 19.1 Å². The zero-order valence-corrected chi connectivity index (χ0v) is 17.2. The van der Waals surface area contributed by atoms with Crippen molar-refractivity contribution in [3.63, 3.8) is 0 Å². The van der Waals surface area contributed by atoms with Crippen LogP contribution in [-0.4, -0.2) is 28.7 Å². The number of para-hydroxylation sites is 1. The van der Waals surface area contributed by atoms with E-state index in [4.69, 9.17) is 9.26 Å². The quantitative estimate of drug-likeness (QED) is 0.597. The van der Waals surface area contributed by atoms with E-state index in [-0.39, 0.29) is 30.3 Å². The summed E-state index contributed by atoms with van der Waals surface area (Å²) in [4.78, 5) is 38.1. The third-order valence-corrected chi connectivity index (χ3v) is 4.71. The standard InChI is InChI=1S/C23H20N4O5/c1-15-14-19(26-32-15)24-22(29)21(16-8-4-2-5-9-16)31-23(30)18-12-13-20(28)27(25-18)17-10-6-3-7-11-17/h2-11,14,21H,12-13H2,1H3,(H,24,26,29)/t21-/m0/s1. The van der Waals surface area contributed by atoms with Crippen molar-refractivity contribution >= 4 is 35.0 Å². The Morgan fingerprint density at radius 1 is 1.06 bits per heavy atom. The maximum atomic E-state index is 12.9. The highest BCUT2D eigenvalue weighted by molar-refractivity contribution is 6.38. The van der Waals surface area contributed by atoms with E-state index < -0.39 is 18.0 Å². The van der Waals surface area contributed by atoms with E-state index in [1.165, 1.54) is 5.01 Å². The molecule has 1 aliphatic heterocycles. The molecule has 9 heteroatoms. The fourth-order valence-corrected chi connectivity index (χ4v) is 3.16. The summed E-state index contributed by atoms with van der Waals surface area (Å²) in [5.41, 5.74) is 1.08. The van der Waals surface area contributed by atoms with Crippen molar-refractivity contribution in [2.45, 2.75) is 25.9 Å². The molecule has 0 spiro atoms. The van der Waals surface area contributed by atoms with Gasteiger partial charge in [-0.3, -0.25) is 9.59 Å². The summed E-state index contributed by atoms with van der Waals surface area (Å²) in [6, 6.07) is 18.9. The van der Waals surface area contributed by atoms with Crippen molar-refractivity contribution in [3.05, 3.63) is 78.1 Å². The lowest BCUT2D eigenvalue weighted by Crippen LogP contribution is -2.36. The number of hydrogen-bond donors (Lipinski definition) is 1. The Labute approximate surface area is 183 Å². The van der Waals surface area contributed by atoms with E-state index in [1.807, 2.05) is 6.07 Å². The lowest BCUT2D eigenvalue weighted by Gasteiger charge is -2.24. The van der Waals surface area contributed by atoms with Crippen molar-refractivity contribution < 1.29 is 23.6 Å². The second kappa shape index (κ2) is 9.25. The number of anilines is 2. The Hall–Kier alpha value is -4.27. The summed E-state index contributed by atoms with van der Waals surface area (Å²) in [5.74, 6) is -0.869. The van der Waals surface area contributed by atoms with Gasteiger partial charge in [0.1, 0.15) is 11.5 Å². The normalized spacial score (nSPS) is 14.5. The summed E-state index contributed by atoms with van der Waals surface area (Å²) in [6.07, 6.45) is -1.03. The van der Waals surface area contributed by atoms with Crippen LogP contribution >= 0.6 is 0 Å². The zero-order valence-electron chi connectivity index (χ0n) is 17.2. The highest BCUT2D eigenvalue weighted by Gasteiger charge is 2.31. The molecule has 1 aliphatic rings. The van der Waals surface area contributed by atoms with Crippen LogP contribution in [0.3, 0.4) is 0 Å². The van der Waals surface area contributed by atoms with Crippen LogP contribution in [0.2, 0.25) is 0 Å². The van der Waals surface area contributed by atoms with E-state index >= 15 is 0 Å². The molecule has 0 unspecified atom stereocenters. The molecule has 0 fully saturated rings. The Kier molecular flexibility index (Phi) is 6.07. The number of hydrogen-bond acceptors (Lipinski definition) is 7. The number of carbonyl (C=O) groups excluding carboxylic acids is 3. The van der Waals surface area contributed by atoms with E-state index in [0.717, 1.165) is 0 Å². The second-order valence-corrected chi connectivity index (χ2v) is 7.10. The van der Waals surface area contributed by atoms with Crippen molar-refractivity contribution in [1.82, 2.24) is 5.16 Å². The van der Waals surface area contributed by atoms with Crippen LogP contribution in [0.25, 0.3) is 0 Å². The summed E-state index contributed by atoms with van der Waals surface area (Å²) in [7, 11) is 0. The SMILES string of the molecule is Cc1cc(NC(=O)[C@@H](OC(=O)C2=NN(c3ccccc3)C(=O)CC2)c2ccccc2)no1. The molecule has 0 aliphatic carbocycles. The largest absolute Gasteiger partial charge is 0.443 e. The average Bonchev–Trinajstić information content (AvgIpc) is 3.23. The molecule has 0 saturated carbocycles. The minimum atomic E-state index is -1.24. The number of aromatic nitrogens is 1. The van der Waals surface area contributed by atoms with Crippen molar-refractivity contribution in [2.75, 3.05) is 10.3 Å². The van der Waals surface area contributed by atoms with Gasteiger partial charge in [0.15, 0.2) is 5.82 Å². The Balaban J connectivity index is 1.57. The van der Waals surface area contributed by atoms with Crippen molar-refractivity contribution in [1.29, 1.82) is 0 Å². The van der Waals surface area contributed by atoms with Crippen LogP contribution in [0.15, 0.2) is 76.4 Å². The molecule has 4 rings (SSSR count). The molecular formula is C23H20N4O5. The first-order chi connectivity index (χ1) is 15.5. The number of ether oxygens (including phenoxy) is 1. The van der Waals surface area contributed by atoms with Crippen molar-refractivity contribution in [3.8, 4) is 0 Å². The van der Waals surface area contributed by atoms with Crippen LogP contribution in [-0.2, 0) is 19.1 Å². The third-order valence-electron chi connectivity index (χ3n) is 4.71. The number of hydrazone groups is 1. The summed E-state index contributed by atoms with van der Waals surface area (Å²) in [5, 5.41) is 11.7. The van der Waals surface area contributed by atoms with Gasteiger partial charge >= 0.3 is 5.97 Å². The number of amides is 2. The predicted molar refractivity (Wildman–Crippen MR) is 116 cm³/mol. The van der Waals surface area contributed by atoms with E-state index in [2.05, 4.69) is 15.6 Å². The number of rotatable bonds is 6. The molecule has 0 bridgehead atoms. The van der Waals surface area contributed by atoms with Gasteiger partial charge in [0.05, 0.1) is 5.69 Å². The predicted octanol–water partition coefficient (Wildman–Crippen LogP) is 3.39. The molecule has 0 saturated heterocycles. The minimum Gasteiger partial charge on any atom is -0.443 e. The summed E-state index contributed by atoms with van der Waals surface area (Å²) < 4.78 is 10.5. The summed E-state index contributed by atoms with van der Waals surface area (Å²) >= 11 is 0. The first kappa shape index (κ1) is 21.0. The van der Waals surface area contributed by atoms with Gasteiger partial charge < -0.3 is 14.6 Å². The number of nitrogens with zero attached hydrogens (tertiary/aromatic N) is 3. The molecule has 0 radical (unpaired) electrons. The van der Waals surface area contributed by atoms with Crippen LogP contribution < -0.4 is 10.3 Å². The maximum absolute atomic E-state index is 12.9. The Bertz CT molecular complexity index is 1160. The lowest BCUT2D eigenvalue weighted by molar-refractivity contribution is -0.148. The number of aryl methyl sites for hydroxylation is 1. The molecule has 32 heavy (non-hydrogen) atoms. The van der Waals surface area contributed by atoms with Gasteiger partial charge in [-0.2, -0.15) is 5.10 Å². The van der Waals surface area contributed by atoms with Gasteiger partial charge in [0, 0.05) is 24.5 Å². The molecule has 1 atom stereocenters. The number of carbonyl (C=O) groups is 3. The van der Waals surface area contributed by atoms with Crippen LogP contribution in [0.4, 0.5) is 11.5 Å². The molecule has 2 amide bonds. The summed E-state index contributed by atoms with van der Waals surface area (Å²) in [6.45, 7) is 1.69. The van der Waals surface area contributed by atoms with Gasteiger partial charge in [-0.1, -0.05) is 53.7 Å². The van der Waals surface area contributed by atoms with Gasteiger partial charge in [0.25, 0.3) is 5.91 Å². The number of nitrogens with one attached hydrogen (secondary N) is 1. The van der Waals surface area contributed by atoms with Crippen LogP contribution in [0.5, 0.6) is 0 Å². The fraction of sp³-hybridized carbons (Fsp3) is 0.174. The fourth-order valence-electron chi connectivity index (χ4n) is 3.16. The van der Waals surface area contributed by atoms with Crippen molar-refractivity contribution in [2.24, 2.45) is 5.10 Å². The maximum Gasteiger partial charge on any atom is 0.355 e. The molecule has 2 aromatic carbocycles. The van der Waals surface area contributed by atoms with Gasteiger partial charge in [-0.25, -0.2) is 9.80 Å². The van der Waals surface area contributed by atoms with E-state index in [9.17, 15) is 14.4 Å². The van der Waals surface area contributed by atoms with Crippen LogP contribution in [0.1, 0.15) is 30.3 Å². The smallest absolute Gasteiger partial charge is 0.355 e. The van der Waals surface area contributed by atoms with Gasteiger partial charge in [-0.15, -0.1) is 0 Å². The Morgan fingerprint density at radius 3 is 2.41 bits per heavy atom. The second-order valence-electron chi connectivity index (χ2n) is 7.10. The zero-order chi connectivity index (χ0) is 22.5. The molecule has 2 heterocycles. The first-order valence-electron chi connectivity index (χ1n) is 9.97. The topological polar surface area (TPSA) is 114 Å². The Morgan fingerprint density at radius 2 is 1.75 bits per heavy atom. The number of benzene rings is 2. The molecule has 9 nitrogen and oxygen atoms in total. The van der Waals surface area contributed by atoms with Crippen LogP contribution in [0, 0.1) is 6.92 Å².